The van der Waals surface area contributed by atoms with Gasteiger partial charge in [0.05, 0.1) is 11.3 Å². The summed E-state index contributed by atoms with van der Waals surface area (Å²) in [5, 5.41) is 21.3. The monoisotopic (exact) mass is 252 g/mol. The van der Waals surface area contributed by atoms with Gasteiger partial charge >= 0.3 is 0 Å². The van der Waals surface area contributed by atoms with Crippen molar-refractivity contribution in [1.29, 1.82) is 0 Å². The number of hydrogen-bond donors (Lipinski definition) is 4. The molecule has 0 atom stereocenters. The molecule has 0 unspecified atom stereocenters. The molecule has 100 valence electrons. The number of nitrogen functional groups attached to an aromatic ring is 1. The first-order valence-corrected chi connectivity index (χ1v) is 5.84. The van der Waals surface area contributed by atoms with E-state index in [1.165, 1.54) is 12.1 Å². The van der Waals surface area contributed by atoms with Crippen LogP contribution in [0.2, 0.25) is 0 Å². The third-order valence-corrected chi connectivity index (χ3v) is 2.83. The van der Waals surface area contributed by atoms with Crippen LogP contribution in [0.1, 0.15) is 30.6 Å². The number of benzene rings is 1. The first-order chi connectivity index (χ1) is 8.37. The first-order valence-electron chi connectivity index (χ1n) is 5.84. The Morgan fingerprint density at radius 1 is 1.44 bits per heavy atom. The highest BCUT2D eigenvalue weighted by Gasteiger charge is 2.20. The topological polar surface area (TPSA) is 95.6 Å². The highest BCUT2D eigenvalue weighted by molar-refractivity contribution is 5.98. The summed E-state index contributed by atoms with van der Waals surface area (Å²) in [4.78, 5) is 11.9. The Labute approximate surface area is 107 Å². The third-order valence-electron chi connectivity index (χ3n) is 2.83. The molecular weight excluding hydrogens is 232 g/mol. The van der Waals surface area contributed by atoms with Crippen molar-refractivity contribution in [3.05, 3.63) is 23.8 Å². The van der Waals surface area contributed by atoms with Crippen LogP contribution in [-0.2, 0) is 0 Å². The number of carbonyl (C=O) groups is 1. The molecule has 5 N–H and O–H groups in total. The number of aromatic hydroxyl groups is 1. The number of hydrogen-bond acceptors (Lipinski definition) is 4. The molecule has 5 nitrogen and oxygen atoms in total. The summed E-state index contributed by atoms with van der Waals surface area (Å²) in [6.45, 7) is 4.39. The smallest absolute Gasteiger partial charge is 0.255 e. The molecule has 0 heterocycles. The molecule has 0 saturated carbocycles. The molecule has 0 saturated heterocycles. The number of nitrogens with one attached hydrogen (secondary N) is 1. The van der Waals surface area contributed by atoms with E-state index in [0.29, 0.717) is 13.0 Å². The number of aliphatic hydroxyl groups excluding tert-OH is 1. The second-order valence-electron chi connectivity index (χ2n) is 5.06. The zero-order valence-corrected chi connectivity index (χ0v) is 10.7. The van der Waals surface area contributed by atoms with Gasteiger partial charge in [0.15, 0.2) is 5.75 Å². The van der Waals surface area contributed by atoms with E-state index >= 15 is 0 Å². The van der Waals surface area contributed by atoms with Gasteiger partial charge in [-0.2, -0.15) is 0 Å². The normalized spacial score (nSPS) is 11.3. The molecule has 1 aromatic rings. The van der Waals surface area contributed by atoms with E-state index in [-0.39, 0.29) is 34.9 Å². The number of carbonyl (C=O) groups excluding carboxylic acids is 1. The molecule has 0 radical (unpaired) electrons. The Morgan fingerprint density at radius 3 is 2.72 bits per heavy atom. The van der Waals surface area contributed by atoms with Gasteiger partial charge in [-0.1, -0.05) is 19.9 Å². The van der Waals surface area contributed by atoms with Crippen LogP contribution in [0.25, 0.3) is 0 Å². The Bertz CT molecular complexity index is 430. The predicted molar refractivity (Wildman–Crippen MR) is 70.3 cm³/mol. The Morgan fingerprint density at radius 2 is 2.11 bits per heavy atom. The maximum Gasteiger partial charge on any atom is 0.255 e. The molecule has 1 rings (SSSR count). The van der Waals surface area contributed by atoms with E-state index in [1.807, 2.05) is 13.8 Å². The number of aliphatic hydroxyl groups is 1. The average Bonchev–Trinajstić information content (AvgIpc) is 2.30. The number of para-hydroxylation sites is 1. The average molecular weight is 252 g/mol. The molecule has 0 fully saturated rings. The molecule has 0 aromatic heterocycles. The van der Waals surface area contributed by atoms with Crippen LogP contribution >= 0.6 is 0 Å². The van der Waals surface area contributed by atoms with E-state index < -0.39 is 0 Å². The summed E-state index contributed by atoms with van der Waals surface area (Å²) in [7, 11) is 0. The van der Waals surface area contributed by atoms with Gasteiger partial charge in [0.2, 0.25) is 0 Å². The SMILES string of the molecule is CC(C)(CCO)CNC(=O)c1cccc(N)c1O. The number of nitrogens with two attached hydrogens (primary N) is 1. The van der Waals surface area contributed by atoms with Crippen molar-refractivity contribution < 1.29 is 15.0 Å². The number of phenolic OH excluding ortho intramolecular Hbond substituents is 1. The van der Waals surface area contributed by atoms with Gasteiger partial charge in [0.1, 0.15) is 0 Å². The first kappa shape index (κ1) is 14.3. The fourth-order valence-electron chi connectivity index (χ4n) is 1.55. The van der Waals surface area contributed by atoms with Gasteiger partial charge in [0.25, 0.3) is 5.91 Å². The van der Waals surface area contributed by atoms with Gasteiger partial charge in [-0.15, -0.1) is 0 Å². The maximum atomic E-state index is 11.9. The number of anilines is 1. The van der Waals surface area contributed by atoms with Crippen LogP contribution in [-0.4, -0.2) is 29.3 Å². The lowest BCUT2D eigenvalue weighted by atomic mass is 9.89. The van der Waals surface area contributed by atoms with Crippen LogP contribution in [0, 0.1) is 5.41 Å². The molecular formula is C13H20N2O3. The zero-order chi connectivity index (χ0) is 13.8. The fraction of sp³-hybridized carbons (Fsp3) is 0.462. The minimum Gasteiger partial charge on any atom is -0.505 e. The van der Waals surface area contributed by atoms with Gasteiger partial charge in [-0.05, 0) is 24.0 Å². The van der Waals surface area contributed by atoms with E-state index in [4.69, 9.17) is 10.8 Å². The zero-order valence-electron chi connectivity index (χ0n) is 10.7. The summed E-state index contributed by atoms with van der Waals surface area (Å²) in [6.07, 6.45) is 0.593. The second-order valence-corrected chi connectivity index (χ2v) is 5.06. The van der Waals surface area contributed by atoms with Crippen LogP contribution in [0.3, 0.4) is 0 Å². The molecule has 0 aliphatic carbocycles. The minimum absolute atomic E-state index is 0.0758. The second kappa shape index (κ2) is 5.73. The lowest BCUT2D eigenvalue weighted by Crippen LogP contribution is -2.34. The van der Waals surface area contributed by atoms with Crippen molar-refractivity contribution >= 4 is 11.6 Å². The Kier molecular flexibility index (Phi) is 4.55. The van der Waals surface area contributed by atoms with Gasteiger partial charge < -0.3 is 21.3 Å². The molecule has 1 amide bonds. The molecule has 1 aromatic carbocycles. The largest absolute Gasteiger partial charge is 0.505 e. The minimum atomic E-state index is -0.370. The number of phenols is 1. The lowest BCUT2D eigenvalue weighted by molar-refractivity contribution is 0.0925. The summed E-state index contributed by atoms with van der Waals surface area (Å²) < 4.78 is 0. The van der Waals surface area contributed by atoms with E-state index in [2.05, 4.69) is 5.32 Å². The molecule has 0 bridgehead atoms. The summed E-state index contributed by atoms with van der Waals surface area (Å²) in [6, 6.07) is 4.66. The summed E-state index contributed by atoms with van der Waals surface area (Å²) in [5.41, 5.74) is 5.67. The van der Waals surface area contributed by atoms with Gasteiger partial charge in [-0.3, -0.25) is 4.79 Å². The Balaban J connectivity index is 2.69. The lowest BCUT2D eigenvalue weighted by Gasteiger charge is -2.23. The van der Waals surface area contributed by atoms with Crippen LogP contribution in [0.5, 0.6) is 5.75 Å². The van der Waals surface area contributed by atoms with Crippen LogP contribution in [0.4, 0.5) is 5.69 Å². The highest BCUT2D eigenvalue weighted by Crippen LogP contribution is 2.24. The van der Waals surface area contributed by atoms with E-state index in [0.717, 1.165) is 0 Å². The maximum absolute atomic E-state index is 11.9. The number of amides is 1. The van der Waals surface area contributed by atoms with E-state index in [9.17, 15) is 9.90 Å². The highest BCUT2D eigenvalue weighted by atomic mass is 16.3. The van der Waals surface area contributed by atoms with Crippen molar-refractivity contribution in [2.45, 2.75) is 20.3 Å². The standard InChI is InChI=1S/C13H20N2O3/c1-13(2,6-7-16)8-15-12(18)9-4-3-5-10(14)11(9)17/h3-5,16-17H,6-8,14H2,1-2H3,(H,15,18). The van der Waals surface area contributed by atoms with Crippen molar-refractivity contribution in [2.24, 2.45) is 5.41 Å². The number of rotatable bonds is 5. The third kappa shape index (κ3) is 3.63. The van der Waals surface area contributed by atoms with Crippen LogP contribution in [0.15, 0.2) is 18.2 Å². The van der Waals surface area contributed by atoms with Crippen molar-refractivity contribution in [3.8, 4) is 5.75 Å². The van der Waals surface area contributed by atoms with Gasteiger partial charge in [-0.25, -0.2) is 0 Å². The molecule has 0 spiro atoms. The molecule has 0 aliphatic rings. The van der Waals surface area contributed by atoms with Crippen molar-refractivity contribution in [1.82, 2.24) is 5.32 Å². The van der Waals surface area contributed by atoms with Gasteiger partial charge in [0, 0.05) is 13.2 Å². The summed E-state index contributed by atoms with van der Waals surface area (Å²) >= 11 is 0. The summed E-state index contributed by atoms with van der Waals surface area (Å²) in [5.74, 6) is -0.569. The predicted octanol–water partition coefficient (Wildman–Crippen LogP) is 1.11. The molecule has 18 heavy (non-hydrogen) atoms. The van der Waals surface area contributed by atoms with E-state index in [1.54, 1.807) is 6.07 Å². The van der Waals surface area contributed by atoms with Crippen LogP contribution < -0.4 is 11.1 Å². The fourth-order valence-corrected chi connectivity index (χ4v) is 1.55. The quantitative estimate of drug-likeness (QED) is 0.466. The Hall–Kier alpha value is -1.75. The van der Waals surface area contributed by atoms with Crippen molar-refractivity contribution in [3.63, 3.8) is 0 Å². The molecule has 0 aliphatic heterocycles. The molecule has 5 heteroatoms. The van der Waals surface area contributed by atoms with Crippen molar-refractivity contribution in [2.75, 3.05) is 18.9 Å².